The third-order valence-electron chi connectivity index (χ3n) is 9.04. The maximum absolute atomic E-state index is 13.1. The highest BCUT2D eigenvalue weighted by atomic mass is 16.6. The van der Waals surface area contributed by atoms with Crippen LogP contribution in [0.3, 0.4) is 0 Å². The highest BCUT2D eigenvalue weighted by molar-refractivity contribution is 6.01. The van der Waals surface area contributed by atoms with Gasteiger partial charge in [-0.05, 0) is 67.9 Å². The van der Waals surface area contributed by atoms with Gasteiger partial charge in [0, 0.05) is 18.3 Å². The average molecular weight is 398 g/mol. The molecule has 1 saturated heterocycles. The largest absolute Gasteiger partial charge is 0.458 e. The van der Waals surface area contributed by atoms with E-state index < -0.39 is 5.97 Å². The van der Waals surface area contributed by atoms with Gasteiger partial charge in [0.2, 0.25) is 0 Å². The average Bonchev–Trinajstić information content (AvgIpc) is 3.29. The highest BCUT2D eigenvalue weighted by Gasteiger charge is 2.79. The Balaban J connectivity index is 1.48. The van der Waals surface area contributed by atoms with Gasteiger partial charge in [-0.25, -0.2) is 0 Å². The van der Waals surface area contributed by atoms with Crippen molar-refractivity contribution in [3.05, 3.63) is 23.8 Å². The Bertz CT molecular complexity index is 870. The number of fused-ring (bicyclic) bond motifs is 3. The number of esters is 1. The summed E-state index contributed by atoms with van der Waals surface area (Å²) in [5, 5.41) is 0. The number of epoxide rings is 1. The van der Waals surface area contributed by atoms with Gasteiger partial charge in [0.05, 0.1) is 6.10 Å². The first kappa shape index (κ1) is 19.2. The van der Waals surface area contributed by atoms with E-state index in [0.717, 1.165) is 25.7 Å². The molecule has 5 heteroatoms. The zero-order valence-electron chi connectivity index (χ0n) is 17.7. The van der Waals surface area contributed by atoms with E-state index in [1.165, 1.54) is 12.5 Å². The van der Waals surface area contributed by atoms with Gasteiger partial charge < -0.3 is 9.47 Å². The molecule has 0 amide bonds. The van der Waals surface area contributed by atoms with Crippen molar-refractivity contribution in [3.8, 4) is 0 Å². The van der Waals surface area contributed by atoms with Gasteiger partial charge >= 0.3 is 5.97 Å². The Kier molecular flexibility index (Phi) is 3.91. The number of carbonyl (C=O) groups is 3. The molecule has 4 fully saturated rings. The first-order valence-electron chi connectivity index (χ1n) is 10.9. The Morgan fingerprint density at radius 1 is 1.28 bits per heavy atom. The second-order valence-electron chi connectivity index (χ2n) is 10.4. The van der Waals surface area contributed by atoms with Crippen LogP contribution in [0, 0.1) is 34.5 Å². The molecule has 1 aliphatic heterocycles. The molecule has 29 heavy (non-hydrogen) atoms. The van der Waals surface area contributed by atoms with E-state index >= 15 is 0 Å². The molecule has 0 bridgehead atoms. The minimum Gasteiger partial charge on any atom is -0.458 e. The molecule has 156 valence electrons. The summed E-state index contributed by atoms with van der Waals surface area (Å²) in [5.41, 5.74) is 0.628. The van der Waals surface area contributed by atoms with Crippen LogP contribution in [0.4, 0.5) is 0 Å². The zero-order valence-corrected chi connectivity index (χ0v) is 17.7. The predicted octanol–water partition coefficient (Wildman–Crippen LogP) is 3.42. The van der Waals surface area contributed by atoms with Crippen molar-refractivity contribution in [2.24, 2.45) is 34.5 Å². The zero-order chi connectivity index (χ0) is 20.8. The molecule has 1 heterocycles. The number of hydrogen-bond acceptors (Lipinski definition) is 5. The Morgan fingerprint density at radius 2 is 2.03 bits per heavy atom. The molecular weight excluding hydrogens is 368 g/mol. The molecule has 1 spiro atoms. The van der Waals surface area contributed by atoms with E-state index in [0.29, 0.717) is 11.8 Å². The lowest BCUT2D eigenvalue weighted by Gasteiger charge is -2.54. The summed E-state index contributed by atoms with van der Waals surface area (Å²) in [7, 11) is 0. The number of ketones is 2. The minimum atomic E-state index is -0.406. The first-order valence-corrected chi connectivity index (χ1v) is 10.9. The number of rotatable bonds is 3. The van der Waals surface area contributed by atoms with Crippen molar-refractivity contribution in [3.63, 3.8) is 0 Å². The molecule has 8 atom stereocenters. The molecule has 5 nitrogen and oxygen atoms in total. The smallest absolute Gasteiger partial charge is 0.303 e. The van der Waals surface area contributed by atoms with E-state index in [9.17, 15) is 14.4 Å². The molecule has 0 aromatic carbocycles. The fourth-order valence-electron chi connectivity index (χ4n) is 7.96. The van der Waals surface area contributed by atoms with E-state index in [4.69, 9.17) is 9.47 Å². The summed E-state index contributed by atoms with van der Waals surface area (Å²) in [6.45, 7) is 7.89. The Hall–Kier alpha value is -1.75. The van der Waals surface area contributed by atoms with Crippen molar-refractivity contribution >= 4 is 17.5 Å². The SMILES string of the molecule is CC(=O)OCC(=O)[C@H]1[C@H](C)C[C@H]2[C@@H]3CCC4=CC(=O)C=C[C@]4(C)[C@@]34O[C@H]4C[C@@]21C. The molecule has 5 rings (SSSR count). The molecule has 0 unspecified atom stereocenters. The van der Waals surface area contributed by atoms with Gasteiger partial charge in [-0.15, -0.1) is 0 Å². The number of hydrogen-bond donors (Lipinski definition) is 0. The molecule has 0 radical (unpaired) electrons. The normalized spacial score (nSPS) is 49.3. The van der Waals surface area contributed by atoms with E-state index in [-0.39, 0.29) is 52.5 Å². The molecule has 0 aromatic rings. The third kappa shape index (κ3) is 2.34. The van der Waals surface area contributed by atoms with Crippen molar-refractivity contribution in [2.75, 3.05) is 6.61 Å². The van der Waals surface area contributed by atoms with Gasteiger partial charge in [-0.1, -0.05) is 25.5 Å². The van der Waals surface area contributed by atoms with Crippen molar-refractivity contribution in [1.29, 1.82) is 0 Å². The molecule has 0 aromatic heterocycles. The van der Waals surface area contributed by atoms with Crippen LogP contribution in [0.15, 0.2) is 23.8 Å². The standard InChI is InChI=1S/C24H30O5/c1-13-9-18-17-6-5-15-10-16(26)7-8-23(15,4)24(17)20(29-24)11-22(18,3)21(13)19(27)12-28-14(2)25/h7-8,10,13,17-18,20-21H,5-6,9,11-12H2,1-4H3/t13-,17+,18+,20+,21-,22+,23+,24-/m1/s1. The molecule has 3 saturated carbocycles. The summed E-state index contributed by atoms with van der Waals surface area (Å²) in [5.74, 6) is 0.703. The summed E-state index contributed by atoms with van der Waals surface area (Å²) in [4.78, 5) is 36.2. The van der Waals surface area contributed by atoms with Crippen LogP contribution >= 0.6 is 0 Å². The van der Waals surface area contributed by atoms with Crippen molar-refractivity contribution in [1.82, 2.24) is 0 Å². The van der Waals surface area contributed by atoms with Crippen LogP contribution in [-0.2, 0) is 23.9 Å². The van der Waals surface area contributed by atoms with E-state index in [2.05, 4.69) is 26.8 Å². The van der Waals surface area contributed by atoms with Gasteiger partial charge in [-0.3, -0.25) is 14.4 Å². The highest BCUT2D eigenvalue weighted by Crippen LogP contribution is 2.75. The maximum Gasteiger partial charge on any atom is 0.303 e. The lowest BCUT2D eigenvalue weighted by molar-refractivity contribution is -0.149. The van der Waals surface area contributed by atoms with Gasteiger partial charge in [-0.2, -0.15) is 0 Å². The van der Waals surface area contributed by atoms with Crippen LogP contribution in [0.2, 0.25) is 0 Å². The van der Waals surface area contributed by atoms with Crippen LogP contribution in [-0.4, -0.2) is 35.8 Å². The fourth-order valence-corrected chi connectivity index (χ4v) is 7.96. The maximum atomic E-state index is 13.1. The Labute approximate surface area is 171 Å². The summed E-state index contributed by atoms with van der Waals surface area (Å²) < 4.78 is 11.6. The molecule has 0 N–H and O–H groups in total. The van der Waals surface area contributed by atoms with E-state index in [1.807, 2.05) is 6.08 Å². The van der Waals surface area contributed by atoms with Crippen LogP contribution in [0.5, 0.6) is 0 Å². The number of allylic oxidation sites excluding steroid dienone is 2. The van der Waals surface area contributed by atoms with Gasteiger partial charge in [0.15, 0.2) is 11.6 Å². The lowest BCUT2D eigenvalue weighted by Crippen LogP contribution is -2.57. The van der Waals surface area contributed by atoms with Crippen LogP contribution in [0.1, 0.15) is 53.4 Å². The number of ether oxygens (including phenoxy) is 2. The molecule has 4 aliphatic carbocycles. The summed E-state index contributed by atoms with van der Waals surface area (Å²) in [6, 6.07) is 0. The van der Waals surface area contributed by atoms with Crippen molar-refractivity contribution < 1.29 is 23.9 Å². The van der Waals surface area contributed by atoms with E-state index in [1.54, 1.807) is 6.08 Å². The summed E-state index contributed by atoms with van der Waals surface area (Å²) >= 11 is 0. The minimum absolute atomic E-state index is 0.0524. The van der Waals surface area contributed by atoms with Crippen LogP contribution in [0.25, 0.3) is 0 Å². The predicted molar refractivity (Wildman–Crippen MR) is 106 cm³/mol. The molecular formula is C24H30O5. The second-order valence-corrected chi connectivity index (χ2v) is 10.4. The van der Waals surface area contributed by atoms with Gasteiger partial charge in [0.25, 0.3) is 0 Å². The van der Waals surface area contributed by atoms with Crippen molar-refractivity contribution in [2.45, 2.75) is 65.1 Å². The first-order chi connectivity index (χ1) is 13.6. The second kappa shape index (κ2) is 5.90. The monoisotopic (exact) mass is 398 g/mol. The van der Waals surface area contributed by atoms with Crippen LogP contribution < -0.4 is 0 Å². The van der Waals surface area contributed by atoms with Gasteiger partial charge in [0.1, 0.15) is 12.2 Å². The number of Topliss-reactive ketones (excluding diaryl/α,β-unsaturated/α-hetero) is 1. The Morgan fingerprint density at radius 3 is 2.76 bits per heavy atom. The quantitative estimate of drug-likeness (QED) is 0.538. The molecule has 5 aliphatic rings. The topological polar surface area (TPSA) is 73.0 Å². The lowest BCUT2D eigenvalue weighted by atomic mass is 9.47. The number of carbonyl (C=O) groups excluding carboxylic acids is 3. The third-order valence-corrected chi connectivity index (χ3v) is 9.04. The fraction of sp³-hybridized carbons (Fsp3) is 0.708. The summed E-state index contributed by atoms with van der Waals surface area (Å²) in [6.07, 6.45) is 9.53.